The predicted octanol–water partition coefficient (Wildman–Crippen LogP) is 3.42. The predicted molar refractivity (Wildman–Crippen MR) is 79.3 cm³/mol. The van der Waals surface area contributed by atoms with Crippen LogP contribution in [0, 0.1) is 0 Å². The highest BCUT2D eigenvalue weighted by Gasteiger charge is 2.08. The van der Waals surface area contributed by atoms with Gasteiger partial charge in [-0.1, -0.05) is 25.1 Å². The summed E-state index contributed by atoms with van der Waals surface area (Å²) < 4.78 is 5.41. The molecule has 0 saturated heterocycles. The molecule has 1 aromatic heterocycles. The van der Waals surface area contributed by atoms with E-state index in [-0.39, 0.29) is 0 Å². The molecule has 0 aliphatic heterocycles. The van der Waals surface area contributed by atoms with Crippen LogP contribution in [0.15, 0.2) is 47.1 Å². The first kappa shape index (κ1) is 13.7. The average Bonchev–Trinajstić information content (AvgIpc) is 2.92. The molecule has 0 amide bonds. The van der Waals surface area contributed by atoms with E-state index in [9.17, 15) is 0 Å². The number of furan rings is 1. The van der Waals surface area contributed by atoms with Gasteiger partial charge in [-0.05, 0) is 36.7 Å². The number of hydrogen-bond acceptors (Lipinski definition) is 3. The van der Waals surface area contributed by atoms with Crippen molar-refractivity contribution >= 4 is 5.69 Å². The molecule has 0 saturated carbocycles. The summed E-state index contributed by atoms with van der Waals surface area (Å²) in [4.78, 5) is 2.22. The zero-order chi connectivity index (χ0) is 13.5. The highest BCUT2D eigenvalue weighted by molar-refractivity contribution is 5.53. The fraction of sp³-hybridized carbons (Fsp3) is 0.375. The lowest BCUT2D eigenvalue weighted by atomic mass is 10.1. The van der Waals surface area contributed by atoms with Crippen molar-refractivity contribution in [3.63, 3.8) is 0 Å². The molecule has 0 unspecified atom stereocenters. The molecule has 2 rings (SSSR count). The van der Waals surface area contributed by atoms with Gasteiger partial charge in [-0.15, -0.1) is 0 Å². The van der Waals surface area contributed by atoms with Crippen LogP contribution in [0.5, 0.6) is 0 Å². The quantitative estimate of drug-likeness (QED) is 0.771. The number of nitrogens with one attached hydrogen (secondary N) is 1. The fourth-order valence-electron chi connectivity index (χ4n) is 2.15. The summed E-state index contributed by atoms with van der Waals surface area (Å²) in [6.45, 7) is 4.93. The Kier molecular flexibility index (Phi) is 5.04. The lowest BCUT2D eigenvalue weighted by molar-refractivity contribution is 0.507. The van der Waals surface area contributed by atoms with Crippen molar-refractivity contribution in [3.8, 4) is 0 Å². The van der Waals surface area contributed by atoms with E-state index in [0.29, 0.717) is 0 Å². The van der Waals surface area contributed by atoms with Gasteiger partial charge in [0.2, 0.25) is 0 Å². The van der Waals surface area contributed by atoms with Crippen molar-refractivity contribution in [2.24, 2.45) is 0 Å². The molecule has 1 aromatic carbocycles. The summed E-state index contributed by atoms with van der Waals surface area (Å²) in [5.74, 6) is 0.985. The maximum Gasteiger partial charge on any atom is 0.123 e. The smallest absolute Gasteiger partial charge is 0.123 e. The largest absolute Gasteiger partial charge is 0.467 e. The first-order valence-corrected chi connectivity index (χ1v) is 6.83. The third-order valence-electron chi connectivity index (χ3n) is 3.12. The first-order chi connectivity index (χ1) is 9.31. The molecule has 0 radical (unpaired) electrons. The highest BCUT2D eigenvalue weighted by Crippen LogP contribution is 2.21. The summed E-state index contributed by atoms with van der Waals surface area (Å²) in [6, 6.07) is 12.4. The normalized spacial score (nSPS) is 10.6. The fourth-order valence-corrected chi connectivity index (χ4v) is 2.15. The van der Waals surface area contributed by atoms with E-state index in [2.05, 4.69) is 48.5 Å². The van der Waals surface area contributed by atoms with Crippen molar-refractivity contribution in [2.45, 2.75) is 26.4 Å². The minimum absolute atomic E-state index is 0.789. The van der Waals surface area contributed by atoms with Crippen molar-refractivity contribution < 1.29 is 4.42 Å². The minimum Gasteiger partial charge on any atom is -0.467 e. The van der Waals surface area contributed by atoms with Crippen LogP contribution in [0.25, 0.3) is 0 Å². The van der Waals surface area contributed by atoms with Gasteiger partial charge >= 0.3 is 0 Å². The molecule has 102 valence electrons. The zero-order valence-electron chi connectivity index (χ0n) is 11.7. The molecule has 0 bridgehead atoms. The topological polar surface area (TPSA) is 28.4 Å². The molecule has 2 aromatic rings. The standard InChI is InChI=1S/C16H22N2O/c1-3-10-17-12-14-7-4-5-9-16(14)18(2)13-15-8-6-11-19-15/h4-9,11,17H,3,10,12-13H2,1-2H3. The van der Waals surface area contributed by atoms with E-state index < -0.39 is 0 Å². The van der Waals surface area contributed by atoms with Crippen molar-refractivity contribution in [3.05, 3.63) is 54.0 Å². The molecule has 0 fully saturated rings. The van der Waals surface area contributed by atoms with Gasteiger partial charge in [0.1, 0.15) is 5.76 Å². The Labute approximate surface area is 115 Å². The lowest BCUT2D eigenvalue weighted by Crippen LogP contribution is -2.20. The second kappa shape index (κ2) is 7.00. The number of hydrogen-bond donors (Lipinski definition) is 1. The SMILES string of the molecule is CCCNCc1ccccc1N(C)Cc1ccco1. The van der Waals surface area contributed by atoms with E-state index in [1.54, 1.807) is 6.26 Å². The summed E-state index contributed by atoms with van der Waals surface area (Å²) in [5.41, 5.74) is 2.58. The highest BCUT2D eigenvalue weighted by atomic mass is 16.3. The van der Waals surface area contributed by atoms with Crippen LogP contribution in [0.3, 0.4) is 0 Å². The number of para-hydroxylation sites is 1. The zero-order valence-corrected chi connectivity index (χ0v) is 11.7. The van der Waals surface area contributed by atoms with E-state index in [1.807, 2.05) is 12.1 Å². The van der Waals surface area contributed by atoms with E-state index in [1.165, 1.54) is 11.3 Å². The van der Waals surface area contributed by atoms with Crippen LogP contribution in [-0.4, -0.2) is 13.6 Å². The van der Waals surface area contributed by atoms with Crippen LogP contribution in [0.1, 0.15) is 24.7 Å². The summed E-state index contributed by atoms with van der Waals surface area (Å²) in [7, 11) is 2.10. The Balaban J connectivity index is 2.05. The summed E-state index contributed by atoms with van der Waals surface area (Å²) in [6.07, 6.45) is 2.88. The van der Waals surface area contributed by atoms with Gasteiger partial charge in [0.15, 0.2) is 0 Å². The molecule has 0 spiro atoms. The van der Waals surface area contributed by atoms with Gasteiger partial charge in [0.25, 0.3) is 0 Å². The van der Waals surface area contributed by atoms with E-state index in [4.69, 9.17) is 4.42 Å². The van der Waals surface area contributed by atoms with Gasteiger partial charge in [-0.2, -0.15) is 0 Å². The van der Waals surface area contributed by atoms with Crippen LogP contribution in [0.4, 0.5) is 5.69 Å². The van der Waals surface area contributed by atoms with Crippen molar-refractivity contribution in [2.75, 3.05) is 18.5 Å². The molecule has 0 aliphatic rings. The van der Waals surface area contributed by atoms with Gasteiger partial charge < -0.3 is 14.6 Å². The van der Waals surface area contributed by atoms with E-state index in [0.717, 1.165) is 31.8 Å². The van der Waals surface area contributed by atoms with E-state index >= 15 is 0 Å². The molecule has 1 N–H and O–H groups in total. The van der Waals surface area contributed by atoms with Gasteiger partial charge in [-0.3, -0.25) is 0 Å². The van der Waals surface area contributed by atoms with Crippen molar-refractivity contribution in [1.29, 1.82) is 0 Å². The van der Waals surface area contributed by atoms with Crippen LogP contribution >= 0.6 is 0 Å². The van der Waals surface area contributed by atoms with Crippen LogP contribution in [-0.2, 0) is 13.1 Å². The Bertz CT molecular complexity index is 479. The molecule has 19 heavy (non-hydrogen) atoms. The van der Waals surface area contributed by atoms with Crippen LogP contribution in [0.2, 0.25) is 0 Å². The van der Waals surface area contributed by atoms with Gasteiger partial charge in [-0.25, -0.2) is 0 Å². The summed E-state index contributed by atoms with van der Waals surface area (Å²) in [5, 5.41) is 3.46. The molecule has 0 atom stereocenters. The first-order valence-electron chi connectivity index (χ1n) is 6.83. The lowest BCUT2D eigenvalue weighted by Gasteiger charge is -2.21. The van der Waals surface area contributed by atoms with Gasteiger partial charge in [0.05, 0.1) is 12.8 Å². The van der Waals surface area contributed by atoms with Gasteiger partial charge in [0, 0.05) is 19.3 Å². The molecule has 3 heteroatoms. The van der Waals surface area contributed by atoms with Crippen molar-refractivity contribution in [1.82, 2.24) is 5.32 Å². The monoisotopic (exact) mass is 258 g/mol. The summed E-state index contributed by atoms with van der Waals surface area (Å²) >= 11 is 0. The maximum atomic E-state index is 5.41. The Morgan fingerprint density at radius 2 is 2.00 bits per heavy atom. The Hall–Kier alpha value is -1.74. The number of rotatable bonds is 7. The molecule has 1 heterocycles. The minimum atomic E-state index is 0.789. The molecule has 3 nitrogen and oxygen atoms in total. The van der Waals surface area contributed by atoms with Crippen LogP contribution < -0.4 is 10.2 Å². The molecule has 0 aliphatic carbocycles. The number of anilines is 1. The third kappa shape index (κ3) is 3.86. The Morgan fingerprint density at radius 3 is 2.74 bits per heavy atom. The molecular formula is C16H22N2O. The average molecular weight is 258 g/mol. The maximum absolute atomic E-state index is 5.41. The Morgan fingerprint density at radius 1 is 1.16 bits per heavy atom. The second-order valence-corrected chi connectivity index (χ2v) is 4.74. The molecular weight excluding hydrogens is 236 g/mol. The number of benzene rings is 1. The third-order valence-corrected chi connectivity index (χ3v) is 3.12. The second-order valence-electron chi connectivity index (χ2n) is 4.74. The number of nitrogens with zero attached hydrogens (tertiary/aromatic N) is 1.